The number of carbonyl (C=O) groups is 1. The summed E-state index contributed by atoms with van der Waals surface area (Å²) in [5.74, 6) is 0.0460. The van der Waals surface area contributed by atoms with Crippen LogP contribution in [-0.2, 0) is 11.2 Å². The first kappa shape index (κ1) is 11.5. The summed E-state index contributed by atoms with van der Waals surface area (Å²) in [5, 5.41) is 20.6. The molecule has 0 aliphatic heterocycles. The lowest BCUT2D eigenvalue weighted by atomic mass is 10.1. The number of carbonyl (C=O) groups excluding carboxylic acids is 1. The van der Waals surface area contributed by atoms with Gasteiger partial charge in [-0.15, -0.1) is 0 Å². The van der Waals surface area contributed by atoms with E-state index in [0.29, 0.717) is 0 Å². The standard InChI is InChI=1S/C11H15NO3/c1-8(13)7-12-11(15)6-9-2-4-10(14)5-3-9/h2-5,8,13-14H,6-7H2,1H3,(H,12,15). The zero-order valence-electron chi connectivity index (χ0n) is 8.60. The number of hydrogen-bond donors (Lipinski definition) is 3. The Bertz CT molecular complexity index is 319. The number of rotatable bonds is 4. The van der Waals surface area contributed by atoms with E-state index in [1.807, 2.05) is 0 Å². The molecule has 4 nitrogen and oxygen atoms in total. The zero-order valence-corrected chi connectivity index (χ0v) is 8.60. The molecule has 0 saturated carbocycles. The molecule has 1 unspecified atom stereocenters. The normalized spacial score (nSPS) is 12.1. The van der Waals surface area contributed by atoms with E-state index in [0.717, 1.165) is 5.56 Å². The molecule has 0 aromatic heterocycles. The van der Waals surface area contributed by atoms with Gasteiger partial charge in [-0.3, -0.25) is 4.79 Å². The van der Waals surface area contributed by atoms with Crippen LogP contribution >= 0.6 is 0 Å². The Hall–Kier alpha value is -1.55. The Morgan fingerprint density at radius 1 is 1.40 bits per heavy atom. The number of hydrogen-bond acceptors (Lipinski definition) is 3. The fraction of sp³-hybridized carbons (Fsp3) is 0.364. The third-order valence-corrected chi connectivity index (χ3v) is 1.90. The Morgan fingerprint density at radius 3 is 2.53 bits per heavy atom. The van der Waals surface area contributed by atoms with E-state index in [2.05, 4.69) is 5.32 Å². The van der Waals surface area contributed by atoms with Gasteiger partial charge in [-0.1, -0.05) is 12.1 Å². The Kier molecular flexibility index (Phi) is 4.12. The number of nitrogens with one attached hydrogen (secondary N) is 1. The van der Waals surface area contributed by atoms with Gasteiger partial charge in [0.15, 0.2) is 0 Å². The fourth-order valence-electron chi connectivity index (χ4n) is 1.12. The van der Waals surface area contributed by atoms with Crippen molar-refractivity contribution < 1.29 is 15.0 Å². The predicted molar refractivity (Wildman–Crippen MR) is 56.5 cm³/mol. The van der Waals surface area contributed by atoms with Gasteiger partial charge in [0.25, 0.3) is 0 Å². The largest absolute Gasteiger partial charge is 0.508 e. The van der Waals surface area contributed by atoms with Crippen molar-refractivity contribution in [2.45, 2.75) is 19.4 Å². The van der Waals surface area contributed by atoms with Crippen LogP contribution in [0.25, 0.3) is 0 Å². The van der Waals surface area contributed by atoms with E-state index in [-0.39, 0.29) is 24.6 Å². The highest BCUT2D eigenvalue weighted by Gasteiger charge is 2.04. The van der Waals surface area contributed by atoms with Gasteiger partial charge < -0.3 is 15.5 Å². The Morgan fingerprint density at radius 2 is 2.00 bits per heavy atom. The summed E-state index contributed by atoms with van der Waals surface area (Å²) in [6.45, 7) is 1.87. The minimum Gasteiger partial charge on any atom is -0.508 e. The van der Waals surface area contributed by atoms with Crippen LogP contribution in [0.2, 0.25) is 0 Å². The van der Waals surface area contributed by atoms with Crippen LogP contribution in [0, 0.1) is 0 Å². The quantitative estimate of drug-likeness (QED) is 0.673. The topological polar surface area (TPSA) is 69.6 Å². The monoisotopic (exact) mass is 209 g/mol. The summed E-state index contributed by atoms with van der Waals surface area (Å²) in [7, 11) is 0. The number of aliphatic hydroxyl groups is 1. The SMILES string of the molecule is CC(O)CNC(=O)Cc1ccc(O)cc1. The Labute approximate surface area is 88.6 Å². The fourth-order valence-corrected chi connectivity index (χ4v) is 1.12. The second-order valence-corrected chi connectivity index (χ2v) is 3.50. The molecule has 1 amide bonds. The molecule has 4 heteroatoms. The first-order valence-electron chi connectivity index (χ1n) is 4.80. The first-order valence-corrected chi connectivity index (χ1v) is 4.80. The molecule has 3 N–H and O–H groups in total. The molecule has 1 rings (SSSR count). The molecule has 1 aromatic carbocycles. The third kappa shape index (κ3) is 4.46. The molecular weight excluding hydrogens is 194 g/mol. The number of amides is 1. The van der Waals surface area contributed by atoms with Gasteiger partial charge in [0.1, 0.15) is 5.75 Å². The maximum atomic E-state index is 11.3. The van der Waals surface area contributed by atoms with Crippen LogP contribution < -0.4 is 5.32 Å². The summed E-state index contributed by atoms with van der Waals surface area (Å²) in [4.78, 5) is 11.3. The minimum atomic E-state index is -0.534. The summed E-state index contributed by atoms with van der Waals surface area (Å²) in [5.41, 5.74) is 0.830. The van der Waals surface area contributed by atoms with E-state index < -0.39 is 6.10 Å². The van der Waals surface area contributed by atoms with Gasteiger partial charge in [-0.05, 0) is 24.6 Å². The Balaban J connectivity index is 2.41. The van der Waals surface area contributed by atoms with E-state index in [4.69, 9.17) is 10.2 Å². The molecular formula is C11H15NO3. The molecule has 1 aromatic rings. The number of aromatic hydroxyl groups is 1. The molecule has 0 aliphatic rings. The van der Waals surface area contributed by atoms with Gasteiger partial charge in [0.2, 0.25) is 5.91 Å². The summed E-state index contributed by atoms with van der Waals surface area (Å²) >= 11 is 0. The van der Waals surface area contributed by atoms with Gasteiger partial charge in [0, 0.05) is 6.54 Å². The average Bonchev–Trinajstić information content (AvgIpc) is 2.19. The van der Waals surface area contributed by atoms with Gasteiger partial charge in [0.05, 0.1) is 12.5 Å². The minimum absolute atomic E-state index is 0.137. The highest BCUT2D eigenvalue weighted by atomic mass is 16.3. The van der Waals surface area contributed by atoms with Crippen molar-refractivity contribution in [2.24, 2.45) is 0 Å². The van der Waals surface area contributed by atoms with E-state index in [1.165, 1.54) is 12.1 Å². The molecule has 0 heterocycles. The maximum Gasteiger partial charge on any atom is 0.224 e. The van der Waals surface area contributed by atoms with Gasteiger partial charge in [-0.2, -0.15) is 0 Å². The van der Waals surface area contributed by atoms with Gasteiger partial charge in [-0.25, -0.2) is 0 Å². The molecule has 0 saturated heterocycles. The van der Waals surface area contributed by atoms with Crippen molar-refractivity contribution in [3.05, 3.63) is 29.8 Å². The van der Waals surface area contributed by atoms with Crippen molar-refractivity contribution in [2.75, 3.05) is 6.54 Å². The van der Waals surface area contributed by atoms with Crippen LogP contribution in [0.4, 0.5) is 0 Å². The summed E-state index contributed by atoms with van der Waals surface area (Å²) in [6.07, 6.45) is -0.277. The lowest BCUT2D eigenvalue weighted by molar-refractivity contribution is -0.120. The molecule has 82 valence electrons. The van der Waals surface area contributed by atoms with Gasteiger partial charge >= 0.3 is 0 Å². The lowest BCUT2D eigenvalue weighted by Gasteiger charge is -2.06. The number of phenols is 1. The van der Waals surface area contributed by atoms with E-state index in [9.17, 15) is 4.79 Å². The van der Waals surface area contributed by atoms with Crippen LogP contribution in [0.15, 0.2) is 24.3 Å². The smallest absolute Gasteiger partial charge is 0.224 e. The summed E-state index contributed by atoms with van der Waals surface area (Å²) in [6, 6.07) is 6.46. The number of benzene rings is 1. The second-order valence-electron chi connectivity index (χ2n) is 3.50. The molecule has 0 fully saturated rings. The highest BCUT2D eigenvalue weighted by molar-refractivity contribution is 5.78. The van der Waals surface area contributed by atoms with Crippen molar-refractivity contribution in [3.63, 3.8) is 0 Å². The molecule has 0 bridgehead atoms. The first-order chi connectivity index (χ1) is 7.08. The molecule has 0 aliphatic carbocycles. The van der Waals surface area contributed by atoms with Crippen molar-refractivity contribution in [1.29, 1.82) is 0 Å². The van der Waals surface area contributed by atoms with Crippen LogP contribution in [0.1, 0.15) is 12.5 Å². The maximum absolute atomic E-state index is 11.3. The van der Waals surface area contributed by atoms with Crippen LogP contribution in [0.5, 0.6) is 5.75 Å². The molecule has 0 radical (unpaired) electrons. The number of aliphatic hydroxyl groups excluding tert-OH is 1. The highest BCUT2D eigenvalue weighted by Crippen LogP contribution is 2.09. The van der Waals surface area contributed by atoms with E-state index in [1.54, 1.807) is 19.1 Å². The van der Waals surface area contributed by atoms with Crippen molar-refractivity contribution in [3.8, 4) is 5.75 Å². The molecule has 15 heavy (non-hydrogen) atoms. The average molecular weight is 209 g/mol. The lowest BCUT2D eigenvalue weighted by Crippen LogP contribution is -2.31. The summed E-state index contributed by atoms with van der Waals surface area (Å²) < 4.78 is 0. The van der Waals surface area contributed by atoms with Crippen molar-refractivity contribution >= 4 is 5.91 Å². The molecule has 0 spiro atoms. The zero-order chi connectivity index (χ0) is 11.3. The third-order valence-electron chi connectivity index (χ3n) is 1.90. The molecule has 1 atom stereocenters. The van der Waals surface area contributed by atoms with E-state index >= 15 is 0 Å². The van der Waals surface area contributed by atoms with Crippen LogP contribution in [0.3, 0.4) is 0 Å². The second kappa shape index (κ2) is 5.36. The number of phenolic OH excluding ortho intramolecular Hbond substituents is 1. The predicted octanol–water partition coefficient (Wildman–Crippen LogP) is 0.432. The van der Waals surface area contributed by atoms with Crippen molar-refractivity contribution in [1.82, 2.24) is 5.32 Å². The van der Waals surface area contributed by atoms with Crippen LogP contribution in [-0.4, -0.2) is 28.8 Å².